The van der Waals surface area contributed by atoms with Crippen LogP contribution in [0.15, 0.2) is 128 Å². The van der Waals surface area contributed by atoms with E-state index in [1.807, 2.05) is 6.20 Å². The number of imidazole rings is 2. The Kier molecular flexibility index (Phi) is 3.37. The van der Waals surface area contributed by atoms with Crippen molar-refractivity contribution in [3.63, 3.8) is 0 Å². The molecular weight excluding hydrogens is 590 g/mol. The summed E-state index contributed by atoms with van der Waals surface area (Å²) in [5.41, 5.74) is 9.86. The lowest BCUT2D eigenvalue weighted by Crippen LogP contribution is -2.72. The Bertz CT molecular complexity index is 3440. The van der Waals surface area contributed by atoms with Crippen molar-refractivity contribution < 1.29 is 13.9 Å². The van der Waals surface area contributed by atoms with Gasteiger partial charge in [-0.05, 0) is 58.6 Å². The van der Waals surface area contributed by atoms with Gasteiger partial charge in [-0.15, -0.1) is 9.13 Å². The van der Waals surface area contributed by atoms with Crippen LogP contribution in [0.5, 0.6) is 11.5 Å². The number of rotatable bonds is 0. The first-order valence-electron chi connectivity index (χ1n) is 16.5. The fourth-order valence-corrected chi connectivity index (χ4v) is 10.2. The highest BCUT2D eigenvalue weighted by Crippen LogP contribution is 2.58. The number of aromatic nitrogens is 5. The normalized spacial score (nSPS) is 17.0. The summed E-state index contributed by atoms with van der Waals surface area (Å²) in [4.78, 5) is 4.88. The minimum absolute atomic E-state index is 0.692. The SMILES string of the molecule is c1ccc2c(c1)c1ccccc1c1c2c2ccc3c4c2c2n1c1ccccc1[n+]2C41c2c(ccc4c2c2c(ccc[n+]21)n1ccnc41)O3. The summed E-state index contributed by atoms with van der Waals surface area (Å²) in [6.45, 7) is 0. The van der Waals surface area contributed by atoms with Gasteiger partial charge in [-0.3, -0.25) is 4.40 Å². The second kappa shape index (κ2) is 7.06. The van der Waals surface area contributed by atoms with E-state index < -0.39 is 5.66 Å². The molecule has 0 bridgehead atoms. The van der Waals surface area contributed by atoms with Gasteiger partial charge in [0.05, 0.1) is 10.8 Å². The van der Waals surface area contributed by atoms with Gasteiger partial charge < -0.3 is 4.74 Å². The van der Waals surface area contributed by atoms with E-state index in [1.165, 1.54) is 81.9 Å². The van der Waals surface area contributed by atoms with Gasteiger partial charge in [0.1, 0.15) is 39.3 Å². The van der Waals surface area contributed by atoms with Crippen LogP contribution in [0.1, 0.15) is 11.1 Å². The van der Waals surface area contributed by atoms with Crippen LogP contribution in [0.3, 0.4) is 0 Å². The quantitative estimate of drug-likeness (QED) is 0.128. The molecule has 0 saturated heterocycles. The van der Waals surface area contributed by atoms with E-state index in [0.29, 0.717) is 0 Å². The molecular formula is C42H21N5O+2. The first kappa shape index (κ1) is 22.9. The first-order chi connectivity index (χ1) is 23.9. The highest BCUT2D eigenvalue weighted by Gasteiger charge is 2.68. The van der Waals surface area contributed by atoms with E-state index in [0.717, 1.165) is 28.0 Å². The van der Waals surface area contributed by atoms with Crippen LogP contribution in [0.4, 0.5) is 0 Å². The van der Waals surface area contributed by atoms with E-state index in [4.69, 9.17) is 9.72 Å². The highest BCUT2D eigenvalue weighted by atomic mass is 16.5. The largest absolute Gasteiger partial charge is 0.456 e. The molecule has 6 aromatic carbocycles. The Morgan fingerprint density at radius 3 is 2.19 bits per heavy atom. The van der Waals surface area contributed by atoms with Gasteiger partial charge in [0.2, 0.25) is 5.52 Å². The van der Waals surface area contributed by atoms with Gasteiger partial charge in [0.15, 0.2) is 17.2 Å². The fourth-order valence-electron chi connectivity index (χ4n) is 10.2. The summed E-state index contributed by atoms with van der Waals surface area (Å²) in [6.07, 6.45) is 6.27. The Balaban J connectivity index is 1.37. The minimum Gasteiger partial charge on any atom is -0.456 e. The molecule has 6 nitrogen and oxygen atoms in total. The number of hydrogen-bond donors (Lipinski definition) is 0. The lowest BCUT2D eigenvalue weighted by molar-refractivity contribution is -0.934. The molecule has 0 N–H and O–H groups in total. The van der Waals surface area contributed by atoms with Crippen molar-refractivity contribution in [2.75, 3.05) is 0 Å². The Labute approximate surface area is 270 Å². The van der Waals surface area contributed by atoms with E-state index >= 15 is 0 Å². The van der Waals surface area contributed by atoms with Crippen molar-refractivity contribution in [1.82, 2.24) is 13.8 Å². The Hall–Kier alpha value is -6.53. The molecule has 8 heterocycles. The van der Waals surface area contributed by atoms with Crippen molar-refractivity contribution in [1.29, 1.82) is 0 Å². The van der Waals surface area contributed by atoms with Gasteiger partial charge in [-0.25, -0.2) is 4.98 Å². The topological polar surface area (TPSA) is 38.7 Å². The molecule has 0 fully saturated rings. The number of benzene rings is 6. The first-order valence-corrected chi connectivity index (χ1v) is 16.5. The third kappa shape index (κ3) is 2.06. The lowest BCUT2D eigenvalue weighted by atomic mass is 9.85. The van der Waals surface area contributed by atoms with Gasteiger partial charge in [-0.1, -0.05) is 60.7 Å². The molecule has 5 aromatic heterocycles. The molecule has 218 valence electrons. The van der Waals surface area contributed by atoms with Crippen LogP contribution in [0.2, 0.25) is 0 Å². The molecule has 3 aliphatic rings. The monoisotopic (exact) mass is 611 g/mol. The lowest BCUT2D eigenvalue weighted by Gasteiger charge is -2.28. The van der Waals surface area contributed by atoms with E-state index in [9.17, 15) is 0 Å². The third-order valence-electron chi connectivity index (χ3n) is 11.7. The molecule has 1 atom stereocenters. The van der Waals surface area contributed by atoms with Crippen LogP contribution in [0.25, 0.3) is 87.4 Å². The van der Waals surface area contributed by atoms with Crippen molar-refractivity contribution in [3.05, 3.63) is 139 Å². The average Bonchev–Trinajstić information content (AvgIpc) is 3.91. The summed E-state index contributed by atoms with van der Waals surface area (Å²) >= 11 is 0. The van der Waals surface area contributed by atoms with Crippen molar-refractivity contribution in [2.24, 2.45) is 0 Å². The minimum atomic E-state index is -0.692. The van der Waals surface area contributed by atoms with Crippen molar-refractivity contribution in [3.8, 4) is 11.5 Å². The predicted molar refractivity (Wildman–Crippen MR) is 187 cm³/mol. The summed E-state index contributed by atoms with van der Waals surface area (Å²) in [5.74, 6) is 1.81. The van der Waals surface area contributed by atoms with E-state index in [-0.39, 0.29) is 0 Å². The molecule has 1 spiro atoms. The molecule has 0 amide bonds. The fraction of sp³-hybridized carbons (Fsp3) is 0.0238. The maximum absolute atomic E-state index is 6.99. The summed E-state index contributed by atoms with van der Waals surface area (Å²) < 4.78 is 17.0. The number of para-hydroxylation sites is 2. The Morgan fingerprint density at radius 1 is 0.604 bits per heavy atom. The molecule has 0 saturated carbocycles. The molecule has 0 aliphatic carbocycles. The molecule has 48 heavy (non-hydrogen) atoms. The van der Waals surface area contributed by atoms with Crippen LogP contribution in [-0.4, -0.2) is 13.8 Å². The zero-order valence-corrected chi connectivity index (χ0v) is 25.3. The molecule has 1 unspecified atom stereocenters. The smallest absolute Gasteiger partial charge is 0.372 e. The van der Waals surface area contributed by atoms with Crippen LogP contribution in [0, 0.1) is 0 Å². The second-order valence-corrected chi connectivity index (χ2v) is 13.5. The van der Waals surface area contributed by atoms with Crippen molar-refractivity contribution >= 4 is 87.4 Å². The molecule has 14 rings (SSSR count). The molecule has 3 aliphatic heterocycles. The van der Waals surface area contributed by atoms with Crippen molar-refractivity contribution in [2.45, 2.75) is 5.66 Å². The zero-order valence-electron chi connectivity index (χ0n) is 25.3. The van der Waals surface area contributed by atoms with E-state index in [2.05, 4.69) is 140 Å². The number of hydrogen-bond acceptors (Lipinski definition) is 2. The second-order valence-electron chi connectivity index (χ2n) is 13.5. The van der Waals surface area contributed by atoms with Crippen LogP contribution >= 0.6 is 0 Å². The zero-order chi connectivity index (χ0) is 30.6. The van der Waals surface area contributed by atoms with Crippen LogP contribution < -0.4 is 13.9 Å². The van der Waals surface area contributed by atoms with Gasteiger partial charge in [0, 0.05) is 40.0 Å². The maximum atomic E-state index is 6.99. The average molecular weight is 612 g/mol. The van der Waals surface area contributed by atoms with Gasteiger partial charge in [0.25, 0.3) is 0 Å². The predicted octanol–water partition coefficient (Wildman–Crippen LogP) is 8.26. The van der Waals surface area contributed by atoms with Gasteiger partial charge in [-0.2, -0.15) is 4.40 Å². The number of fused-ring (bicyclic) bond motifs is 14. The third-order valence-corrected chi connectivity index (χ3v) is 11.7. The van der Waals surface area contributed by atoms with Gasteiger partial charge >= 0.3 is 11.3 Å². The summed E-state index contributed by atoms with van der Waals surface area (Å²) in [7, 11) is 0. The summed E-state index contributed by atoms with van der Waals surface area (Å²) in [6, 6.07) is 40.1. The number of pyridine rings is 3. The Morgan fingerprint density at radius 2 is 1.31 bits per heavy atom. The highest BCUT2D eigenvalue weighted by molar-refractivity contribution is 6.33. The summed E-state index contributed by atoms with van der Waals surface area (Å²) in [5, 5.41) is 11.2. The number of nitrogens with zero attached hydrogens (tertiary/aromatic N) is 5. The van der Waals surface area contributed by atoms with Crippen LogP contribution in [-0.2, 0) is 5.66 Å². The standard InChI is InChI=1S/C42H21N5O/c1-3-10-24-22(8-1)23-9-2-4-11-25(23)38-33(24)26-15-17-32-37-35(26)41-46(38)28-12-5-6-13-29(28)47(41)42(37)36-31(48-32)18-16-27-34(36)39-30(14-7-20-45(39)42)44-21-19-43-40(27)44/h1-21H/q+2. The number of ether oxygens (including phenoxy) is 1. The van der Waals surface area contributed by atoms with E-state index in [1.54, 1.807) is 0 Å². The molecule has 6 heteroatoms. The molecule has 0 radical (unpaired) electrons. The maximum Gasteiger partial charge on any atom is 0.372 e. The molecule has 11 aromatic rings.